The third kappa shape index (κ3) is 3.76. The first kappa shape index (κ1) is 16.3. The summed E-state index contributed by atoms with van der Waals surface area (Å²) in [6.07, 6.45) is 0.582. The Balaban J connectivity index is 1.87. The molecule has 118 valence electrons. The molecule has 4 nitrogen and oxygen atoms in total. The predicted molar refractivity (Wildman–Crippen MR) is 80.8 cm³/mol. The van der Waals surface area contributed by atoms with Gasteiger partial charge in [0.1, 0.15) is 24.2 Å². The van der Waals surface area contributed by atoms with Crippen LogP contribution in [-0.2, 0) is 4.79 Å². The number of benzene rings is 1. The minimum absolute atomic E-state index is 0.0393. The molecule has 1 amide bonds. The quantitative estimate of drug-likeness (QED) is 0.859. The van der Waals surface area contributed by atoms with Crippen LogP contribution in [0.25, 0.3) is 0 Å². The van der Waals surface area contributed by atoms with Gasteiger partial charge in [-0.3, -0.25) is 4.79 Å². The monoisotopic (exact) mass is 304 g/mol. The third-order valence-electron chi connectivity index (χ3n) is 4.13. The molecular formula is C17H21FN2O2. The number of ether oxygens (including phenoxy) is 1. The van der Waals surface area contributed by atoms with Crippen LogP contribution in [0.2, 0.25) is 0 Å². The lowest BCUT2D eigenvalue weighted by molar-refractivity contribution is -0.128. The van der Waals surface area contributed by atoms with Crippen molar-refractivity contribution < 1.29 is 13.9 Å². The maximum absolute atomic E-state index is 13.2. The molecule has 1 aromatic rings. The smallest absolute Gasteiger partial charge is 0.223 e. The predicted octanol–water partition coefficient (Wildman–Crippen LogP) is 2.97. The van der Waals surface area contributed by atoms with Crippen molar-refractivity contribution in [3.8, 4) is 11.8 Å². The Morgan fingerprint density at radius 1 is 1.45 bits per heavy atom. The van der Waals surface area contributed by atoms with Gasteiger partial charge in [-0.2, -0.15) is 5.26 Å². The van der Waals surface area contributed by atoms with Crippen LogP contribution in [0.4, 0.5) is 4.39 Å². The highest BCUT2D eigenvalue weighted by Crippen LogP contribution is 2.34. The number of carbonyl (C=O) groups is 1. The van der Waals surface area contributed by atoms with Crippen LogP contribution in [-0.4, -0.2) is 30.5 Å². The highest BCUT2D eigenvalue weighted by atomic mass is 19.1. The molecule has 5 heteroatoms. The van der Waals surface area contributed by atoms with E-state index in [4.69, 9.17) is 10.00 Å². The van der Waals surface area contributed by atoms with Gasteiger partial charge < -0.3 is 9.64 Å². The second-order valence-corrected chi connectivity index (χ2v) is 6.71. The van der Waals surface area contributed by atoms with E-state index in [9.17, 15) is 9.18 Å². The second-order valence-electron chi connectivity index (χ2n) is 6.71. The summed E-state index contributed by atoms with van der Waals surface area (Å²) in [6, 6.07) is 5.85. The molecule has 0 aliphatic carbocycles. The third-order valence-corrected chi connectivity index (χ3v) is 4.13. The SMILES string of the molecule is CC(C)(C)[C@@H]1CC(=O)N(CCOc2ccc(F)c(C#N)c2)C1. The molecule has 1 aromatic carbocycles. The van der Waals surface area contributed by atoms with Crippen molar-refractivity contribution in [1.82, 2.24) is 4.90 Å². The number of hydrogen-bond acceptors (Lipinski definition) is 3. The molecule has 1 aliphatic heterocycles. The van der Waals surface area contributed by atoms with Gasteiger partial charge in [0.2, 0.25) is 5.91 Å². The molecule has 0 N–H and O–H groups in total. The maximum Gasteiger partial charge on any atom is 0.223 e. The van der Waals surface area contributed by atoms with Gasteiger partial charge in [0.25, 0.3) is 0 Å². The molecule has 0 radical (unpaired) electrons. The number of halogens is 1. The minimum atomic E-state index is -0.558. The Hall–Kier alpha value is -2.09. The first-order valence-electron chi connectivity index (χ1n) is 7.41. The van der Waals surface area contributed by atoms with Crippen molar-refractivity contribution in [3.05, 3.63) is 29.6 Å². The molecule has 0 aromatic heterocycles. The van der Waals surface area contributed by atoms with E-state index in [2.05, 4.69) is 20.8 Å². The Morgan fingerprint density at radius 3 is 2.77 bits per heavy atom. The van der Waals surface area contributed by atoms with Gasteiger partial charge in [-0.25, -0.2) is 4.39 Å². The number of nitriles is 1. The van der Waals surface area contributed by atoms with Crippen molar-refractivity contribution in [2.45, 2.75) is 27.2 Å². The van der Waals surface area contributed by atoms with Crippen molar-refractivity contribution in [2.75, 3.05) is 19.7 Å². The van der Waals surface area contributed by atoms with E-state index in [1.807, 2.05) is 4.90 Å². The molecule has 0 saturated carbocycles. The first-order valence-corrected chi connectivity index (χ1v) is 7.41. The van der Waals surface area contributed by atoms with Gasteiger partial charge in [-0.1, -0.05) is 20.8 Å². The fourth-order valence-electron chi connectivity index (χ4n) is 2.52. The number of rotatable bonds is 4. The molecule has 1 saturated heterocycles. The summed E-state index contributed by atoms with van der Waals surface area (Å²) in [5.41, 5.74) is 0.0757. The van der Waals surface area contributed by atoms with Crippen LogP contribution in [0, 0.1) is 28.5 Å². The number of hydrogen-bond donors (Lipinski definition) is 0. The number of carbonyl (C=O) groups excluding carboxylic acids is 1. The van der Waals surface area contributed by atoms with Crippen molar-refractivity contribution in [1.29, 1.82) is 5.26 Å². The van der Waals surface area contributed by atoms with Crippen LogP contribution in [0.1, 0.15) is 32.8 Å². The van der Waals surface area contributed by atoms with E-state index in [1.165, 1.54) is 18.2 Å². The van der Waals surface area contributed by atoms with E-state index in [1.54, 1.807) is 6.07 Å². The molecule has 1 heterocycles. The summed E-state index contributed by atoms with van der Waals surface area (Å²) in [5.74, 6) is 0.394. The van der Waals surface area contributed by atoms with Crippen molar-refractivity contribution in [2.24, 2.45) is 11.3 Å². The summed E-state index contributed by atoms with van der Waals surface area (Å²) in [5, 5.41) is 8.78. The zero-order valence-electron chi connectivity index (χ0n) is 13.2. The molecule has 0 spiro atoms. The fraction of sp³-hybridized carbons (Fsp3) is 0.529. The molecule has 0 bridgehead atoms. The Kier molecular flexibility index (Phi) is 4.70. The number of likely N-dealkylation sites (tertiary alicyclic amines) is 1. The summed E-state index contributed by atoms with van der Waals surface area (Å²) in [7, 11) is 0. The maximum atomic E-state index is 13.2. The second kappa shape index (κ2) is 6.35. The molecule has 22 heavy (non-hydrogen) atoms. The van der Waals surface area contributed by atoms with Gasteiger partial charge in [0.15, 0.2) is 0 Å². The van der Waals surface area contributed by atoms with Gasteiger partial charge in [-0.15, -0.1) is 0 Å². The highest BCUT2D eigenvalue weighted by molar-refractivity contribution is 5.78. The Bertz CT molecular complexity index is 602. The average molecular weight is 304 g/mol. The lowest BCUT2D eigenvalue weighted by Crippen LogP contribution is -2.31. The largest absolute Gasteiger partial charge is 0.492 e. The lowest BCUT2D eigenvalue weighted by Gasteiger charge is -2.26. The fourth-order valence-corrected chi connectivity index (χ4v) is 2.52. The zero-order valence-corrected chi connectivity index (χ0v) is 13.2. The molecular weight excluding hydrogens is 283 g/mol. The Morgan fingerprint density at radius 2 is 2.18 bits per heavy atom. The number of nitrogens with zero attached hydrogens (tertiary/aromatic N) is 2. The Labute approximate surface area is 130 Å². The van der Waals surface area contributed by atoms with E-state index < -0.39 is 5.82 Å². The van der Waals surface area contributed by atoms with Crippen LogP contribution in [0.5, 0.6) is 5.75 Å². The minimum Gasteiger partial charge on any atom is -0.492 e. The van der Waals surface area contributed by atoms with Crippen LogP contribution in [0.15, 0.2) is 18.2 Å². The van der Waals surface area contributed by atoms with Crippen molar-refractivity contribution in [3.63, 3.8) is 0 Å². The molecule has 0 unspecified atom stereocenters. The topological polar surface area (TPSA) is 53.3 Å². The van der Waals surface area contributed by atoms with E-state index in [-0.39, 0.29) is 16.9 Å². The summed E-state index contributed by atoms with van der Waals surface area (Å²) < 4.78 is 18.7. The van der Waals surface area contributed by atoms with E-state index >= 15 is 0 Å². The molecule has 1 fully saturated rings. The van der Waals surface area contributed by atoms with Gasteiger partial charge in [0.05, 0.1) is 12.1 Å². The molecule has 1 atom stereocenters. The van der Waals surface area contributed by atoms with Crippen LogP contribution < -0.4 is 4.74 Å². The number of amides is 1. The van der Waals surface area contributed by atoms with Crippen LogP contribution in [0.3, 0.4) is 0 Å². The lowest BCUT2D eigenvalue weighted by atomic mass is 9.80. The van der Waals surface area contributed by atoms with E-state index in [0.29, 0.717) is 31.2 Å². The standard InChI is InChI=1S/C17H21FN2O2/c1-17(2,3)13-9-16(21)20(11-13)6-7-22-14-4-5-15(18)12(8-14)10-19/h4-5,8,13H,6-7,9,11H2,1-3H3/t13-/m1/s1. The first-order chi connectivity index (χ1) is 10.3. The van der Waals surface area contributed by atoms with Gasteiger partial charge in [0, 0.05) is 19.0 Å². The van der Waals surface area contributed by atoms with Gasteiger partial charge >= 0.3 is 0 Å². The van der Waals surface area contributed by atoms with E-state index in [0.717, 1.165) is 6.54 Å². The highest BCUT2D eigenvalue weighted by Gasteiger charge is 2.36. The van der Waals surface area contributed by atoms with Crippen molar-refractivity contribution >= 4 is 5.91 Å². The average Bonchev–Trinajstić information content (AvgIpc) is 2.82. The summed E-state index contributed by atoms with van der Waals surface area (Å²) in [6.45, 7) is 8.02. The summed E-state index contributed by atoms with van der Waals surface area (Å²) in [4.78, 5) is 13.8. The summed E-state index contributed by atoms with van der Waals surface area (Å²) >= 11 is 0. The zero-order chi connectivity index (χ0) is 16.3. The van der Waals surface area contributed by atoms with Crippen LogP contribution >= 0.6 is 0 Å². The molecule has 1 aliphatic rings. The normalized spacial score (nSPS) is 18.4. The van der Waals surface area contributed by atoms with Gasteiger partial charge in [-0.05, 0) is 23.5 Å². The molecule has 2 rings (SSSR count).